The molecule has 2 rings (SSSR count). The Balaban J connectivity index is 0.00000180. The highest BCUT2D eigenvalue weighted by atomic mass is 35.5. The van der Waals surface area contributed by atoms with Gasteiger partial charge in [0.15, 0.2) is 0 Å². The van der Waals surface area contributed by atoms with E-state index in [4.69, 9.17) is 0 Å². The van der Waals surface area contributed by atoms with Crippen molar-refractivity contribution < 1.29 is 4.79 Å². The Morgan fingerprint density at radius 3 is 2.63 bits per heavy atom. The molecule has 0 aromatic heterocycles. The lowest BCUT2D eigenvalue weighted by Gasteiger charge is -2.22. The van der Waals surface area contributed by atoms with E-state index in [1.54, 1.807) is 0 Å². The highest BCUT2D eigenvalue weighted by Gasteiger charge is 2.20. The maximum atomic E-state index is 12.0. The summed E-state index contributed by atoms with van der Waals surface area (Å²) in [5.41, 5.74) is 3.73. The molecule has 1 aliphatic heterocycles. The first-order chi connectivity index (χ1) is 8.66. The number of rotatable bonds is 3. The molecule has 0 saturated carbocycles. The minimum Gasteiger partial charge on any atom is -0.352 e. The molecule has 0 atom stereocenters. The summed E-state index contributed by atoms with van der Waals surface area (Å²) in [5.74, 6) is 0.397. The molecule has 0 bridgehead atoms. The van der Waals surface area contributed by atoms with Gasteiger partial charge in [0.1, 0.15) is 0 Å². The predicted octanol–water partition coefficient (Wildman–Crippen LogP) is 2.34. The van der Waals surface area contributed by atoms with Gasteiger partial charge in [-0.25, -0.2) is 0 Å². The summed E-state index contributed by atoms with van der Waals surface area (Å²) in [4.78, 5) is 12.0. The molecule has 19 heavy (non-hydrogen) atoms. The number of hydrogen-bond acceptors (Lipinski definition) is 2. The first kappa shape index (κ1) is 16.0. The second kappa shape index (κ2) is 7.51. The van der Waals surface area contributed by atoms with Crippen molar-refractivity contribution in [3.05, 3.63) is 34.9 Å². The average Bonchev–Trinajstić information content (AvgIpc) is 2.38. The predicted molar refractivity (Wildman–Crippen MR) is 80.6 cm³/mol. The standard InChI is InChI=1S/C15H22N2O.ClH/c1-11-3-4-14(12(2)9-11)10-17-15(18)13-5-7-16-8-6-13;/h3-4,9,13,16H,5-8,10H2,1-2H3,(H,17,18);1H. The highest BCUT2D eigenvalue weighted by Crippen LogP contribution is 2.13. The van der Waals surface area contributed by atoms with E-state index in [0.717, 1.165) is 25.9 Å². The molecule has 2 N–H and O–H groups in total. The monoisotopic (exact) mass is 282 g/mol. The summed E-state index contributed by atoms with van der Waals surface area (Å²) in [6.07, 6.45) is 1.91. The molecule has 106 valence electrons. The zero-order chi connectivity index (χ0) is 13.0. The Kier molecular flexibility index (Phi) is 6.32. The third-order valence-electron chi connectivity index (χ3n) is 3.66. The first-order valence-electron chi connectivity index (χ1n) is 6.71. The van der Waals surface area contributed by atoms with E-state index in [1.807, 2.05) is 0 Å². The number of amides is 1. The number of nitrogens with one attached hydrogen (secondary N) is 2. The number of piperidine rings is 1. The highest BCUT2D eigenvalue weighted by molar-refractivity contribution is 5.85. The van der Waals surface area contributed by atoms with Crippen molar-refractivity contribution in [3.8, 4) is 0 Å². The lowest BCUT2D eigenvalue weighted by atomic mass is 9.97. The molecule has 0 spiro atoms. The summed E-state index contributed by atoms with van der Waals surface area (Å²) >= 11 is 0. The van der Waals surface area contributed by atoms with Gasteiger partial charge in [0.2, 0.25) is 5.91 Å². The zero-order valence-corrected chi connectivity index (χ0v) is 12.5. The molecular weight excluding hydrogens is 260 g/mol. The molecule has 1 aromatic carbocycles. The van der Waals surface area contributed by atoms with Crippen LogP contribution in [0.4, 0.5) is 0 Å². The van der Waals surface area contributed by atoms with Crippen molar-refractivity contribution in [3.63, 3.8) is 0 Å². The third kappa shape index (κ3) is 4.51. The molecule has 1 heterocycles. The Morgan fingerprint density at radius 1 is 1.32 bits per heavy atom. The fourth-order valence-electron chi connectivity index (χ4n) is 2.45. The van der Waals surface area contributed by atoms with Crippen LogP contribution in [0.25, 0.3) is 0 Å². The summed E-state index contributed by atoms with van der Waals surface area (Å²) < 4.78 is 0. The molecule has 1 amide bonds. The Hall–Kier alpha value is -1.06. The van der Waals surface area contributed by atoms with E-state index >= 15 is 0 Å². The van der Waals surface area contributed by atoms with Crippen LogP contribution < -0.4 is 10.6 Å². The second-order valence-corrected chi connectivity index (χ2v) is 5.17. The van der Waals surface area contributed by atoms with Crippen LogP contribution in [-0.4, -0.2) is 19.0 Å². The molecular formula is C15H23ClN2O. The minimum absolute atomic E-state index is 0. The van der Waals surface area contributed by atoms with Gasteiger partial charge in [-0.1, -0.05) is 23.8 Å². The molecule has 3 nitrogen and oxygen atoms in total. The quantitative estimate of drug-likeness (QED) is 0.893. The van der Waals surface area contributed by atoms with E-state index < -0.39 is 0 Å². The van der Waals surface area contributed by atoms with E-state index in [-0.39, 0.29) is 24.2 Å². The number of aryl methyl sites for hydroxylation is 2. The average molecular weight is 283 g/mol. The number of halogens is 1. The van der Waals surface area contributed by atoms with Crippen LogP contribution in [0.1, 0.15) is 29.5 Å². The molecule has 1 fully saturated rings. The van der Waals surface area contributed by atoms with Gasteiger partial charge in [-0.15, -0.1) is 12.4 Å². The van der Waals surface area contributed by atoms with Gasteiger partial charge >= 0.3 is 0 Å². The van der Waals surface area contributed by atoms with Gasteiger partial charge in [-0.05, 0) is 50.9 Å². The fraction of sp³-hybridized carbons (Fsp3) is 0.533. The number of carbonyl (C=O) groups is 1. The number of hydrogen-bond donors (Lipinski definition) is 2. The van der Waals surface area contributed by atoms with Crippen LogP contribution in [0, 0.1) is 19.8 Å². The van der Waals surface area contributed by atoms with Crippen LogP contribution in [0.5, 0.6) is 0 Å². The topological polar surface area (TPSA) is 41.1 Å². The molecule has 0 unspecified atom stereocenters. The van der Waals surface area contributed by atoms with E-state index in [1.165, 1.54) is 16.7 Å². The molecule has 4 heteroatoms. The smallest absolute Gasteiger partial charge is 0.223 e. The van der Waals surface area contributed by atoms with Crippen molar-refractivity contribution in [2.45, 2.75) is 33.2 Å². The third-order valence-corrected chi connectivity index (χ3v) is 3.66. The maximum Gasteiger partial charge on any atom is 0.223 e. The van der Waals surface area contributed by atoms with Gasteiger partial charge in [0.05, 0.1) is 0 Å². The van der Waals surface area contributed by atoms with Crippen molar-refractivity contribution in [1.29, 1.82) is 0 Å². The van der Waals surface area contributed by atoms with Gasteiger partial charge < -0.3 is 10.6 Å². The lowest BCUT2D eigenvalue weighted by Crippen LogP contribution is -2.37. The lowest BCUT2D eigenvalue weighted by molar-refractivity contribution is -0.125. The van der Waals surface area contributed by atoms with Crippen LogP contribution in [0.15, 0.2) is 18.2 Å². The van der Waals surface area contributed by atoms with E-state index in [2.05, 4.69) is 42.7 Å². The van der Waals surface area contributed by atoms with E-state index in [9.17, 15) is 4.79 Å². The minimum atomic E-state index is 0. The van der Waals surface area contributed by atoms with Gasteiger partial charge in [-0.3, -0.25) is 4.79 Å². The van der Waals surface area contributed by atoms with Gasteiger partial charge in [-0.2, -0.15) is 0 Å². The Labute approximate surface area is 121 Å². The largest absolute Gasteiger partial charge is 0.352 e. The van der Waals surface area contributed by atoms with Crippen molar-refractivity contribution in [2.24, 2.45) is 5.92 Å². The Bertz CT molecular complexity index is 428. The summed E-state index contributed by atoms with van der Waals surface area (Å²) in [7, 11) is 0. The molecule has 0 aliphatic carbocycles. The van der Waals surface area contributed by atoms with Crippen molar-refractivity contribution in [2.75, 3.05) is 13.1 Å². The van der Waals surface area contributed by atoms with E-state index in [0.29, 0.717) is 6.54 Å². The summed E-state index contributed by atoms with van der Waals surface area (Å²) in [6, 6.07) is 6.36. The van der Waals surface area contributed by atoms with Crippen LogP contribution in [0.3, 0.4) is 0 Å². The van der Waals surface area contributed by atoms with Crippen LogP contribution in [-0.2, 0) is 11.3 Å². The van der Waals surface area contributed by atoms with Crippen LogP contribution >= 0.6 is 12.4 Å². The maximum absolute atomic E-state index is 12.0. The fourth-order valence-corrected chi connectivity index (χ4v) is 2.45. The Morgan fingerprint density at radius 2 is 2.00 bits per heavy atom. The molecule has 1 saturated heterocycles. The van der Waals surface area contributed by atoms with Gasteiger partial charge in [0, 0.05) is 12.5 Å². The molecule has 0 radical (unpaired) electrons. The van der Waals surface area contributed by atoms with Crippen LogP contribution in [0.2, 0.25) is 0 Å². The molecule has 1 aliphatic rings. The number of benzene rings is 1. The second-order valence-electron chi connectivity index (χ2n) is 5.17. The molecule has 1 aromatic rings. The normalized spacial score (nSPS) is 15.7. The SMILES string of the molecule is Cc1ccc(CNC(=O)C2CCNCC2)c(C)c1.Cl. The first-order valence-corrected chi connectivity index (χ1v) is 6.71. The summed E-state index contributed by atoms with van der Waals surface area (Å²) in [6.45, 7) is 6.75. The van der Waals surface area contributed by atoms with Gasteiger partial charge in [0.25, 0.3) is 0 Å². The number of carbonyl (C=O) groups excluding carboxylic acids is 1. The van der Waals surface area contributed by atoms with Crippen molar-refractivity contribution in [1.82, 2.24) is 10.6 Å². The summed E-state index contributed by atoms with van der Waals surface area (Å²) in [5, 5.41) is 6.34. The zero-order valence-electron chi connectivity index (χ0n) is 11.7. The van der Waals surface area contributed by atoms with Crippen molar-refractivity contribution >= 4 is 18.3 Å².